The Morgan fingerprint density at radius 3 is 2.81 bits per heavy atom. The monoisotopic (exact) mass is 412 g/mol. The van der Waals surface area contributed by atoms with Crippen LogP contribution in [0.1, 0.15) is 15.2 Å². The second-order valence-corrected chi connectivity index (χ2v) is 7.30. The van der Waals surface area contributed by atoms with Crippen molar-refractivity contribution in [2.75, 3.05) is 13.2 Å². The number of carbonyl (C=O) groups is 1. The number of esters is 1. The number of benzene rings is 1. The van der Waals surface area contributed by atoms with Crippen LogP contribution in [-0.2, 0) is 11.8 Å². The molecule has 0 amide bonds. The van der Waals surface area contributed by atoms with Crippen LogP contribution in [-0.4, -0.2) is 28.7 Å². The van der Waals surface area contributed by atoms with E-state index in [4.69, 9.17) is 32.7 Å². The molecule has 9 heteroatoms. The van der Waals surface area contributed by atoms with Crippen molar-refractivity contribution in [2.45, 2.75) is 6.92 Å². The van der Waals surface area contributed by atoms with Gasteiger partial charge in [-0.15, -0.1) is 11.3 Å². The van der Waals surface area contributed by atoms with E-state index >= 15 is 0 Å². The van der Waals surface area contributed by atoms with Crippen molar-refractivity contribution in [1.82, 2.24) is 9.55 Å². The third-order valence-corrected chi connectivity index (χ3v) is 5.37. The van der Waals surface area contributed by atoms with Gasteiger partial charge < -0.3 is 14.0 Å². The highest BCUT2D eigenvalue weighted by molar-refractivity contribution is 7.20. The number of halogens is 2. The molecule has 0 bridgehead atoms. The summed E-state index contributed by atoms with van der Waals surface area (Å²) in [6.45, 7) is 1.89. The Hall–Kier alpha value is -2.09. The summed E-state index contributed by atoms with van der Waals surface area (Å²) in [6, 6.07) is 4.87. The van der Waals surface area contributed by atoms with Crippen LogP contribution in [0, 0.1) is 6.92 Å². The number of fused-ring (bicyclic) bond motifs is 1. The number of hydrogen-bond acceptors (Lipinski definition) is 6. The SMILES string of the molecule is Cc1c(C(=O)OCCOc2ccc(Cl)cc2Cl)sc2ncn(C)c(=O)c12. The molecule has 0 spiro atoms. The number of carbonyl (C=O) groups excluding carboxylic acids is 1. The van der Waals surface area contributed by atoms with Crippen molar-refractivity contribution in [1.29, 1.82) is 0 Å². The van der Waals surface area contributed by atoms with Gasteiger partial charge in [0.15, 0.2) is 0 Å². The molecule has 2 aromatic heterocycles. The Balaban J connectivity index is 1.65. The van der Waals surface area contributed by atoms with Crippen LogP contribution in [0.2, 0.25) is 10.0 Å². The van der Waals surface area contributed by atoms with E-state index < -0.39 is 5.97 Å². The fourth-order valence-corrected chi connectivity index (χ4v) is 3.84. The van der Waals surface area contributed by atoms with E-state index in [-0.39, 0.29) is 18.8 Å². The lowest BCUT2D eigenvalue weighted by Crippen LogP contribution is -2.17. The molecule has 6 nitrogen and oxygen atoms in total. The van der Waals surface area contributed by atoms with Gasteiger partial charge in [0, 0.05) is 12.1 Å². The van der Waals surface area contributed by atoms with Crippen LogP contribution in [0.25, 0.3) is 10.2 Å². The zero-order valence-corrected chi connectivity index (χ0v) is 16.2. The number of aryl methyl sites for hydroxylation is 2. The number of aromatic nitrogens is 2. The van der Waals surface area contributed by atoms with Gasteiger partial charge in [0.05, 0.1) is 16.7 Å². The summed E-state index contributed by atoms with van der Waals surface area (Å²) in [4.78, 5) is 29.6. The first kappa shape index (κ1) is 18.7. The van der Waals surface area contributed by atoms with Crippen LogP contribution in [0.4, 0.5) is 0 Å². The molecule has 0 fully saturated rings. The zero-order valence-electron chi connectivity index (χ0n) is 13.9. The fraction of sp³-hybridized carbons (Fsp3) is 0.235. The van der Waals surface area contributed by atoms with Crippen molar-refractivity contribution < 1.29 is 14.3 Å². The molecular weight excluding hydrogens is 399 g/mol. The number of thiophene rings is 1. The van der Waals surface area contributed by atoms with E-state index in [1.165, 1.54) is 10.9 Å². The summed E-state index contributed by atoms with van der Waals surface area (Å²) < 4.78 is 12.1. The third kappa shape index (κ3) is 3.70. The molecule has 0 aliphatic carbocycles. The first-order chi connectivity index (χ1) is 12.4. The fourth-order valence-electron chi connectivity index (χ4n) is 2.35. The first-order valence-corrected chi connectivity index (χ1v) is 9.15. The number of hydrogen-bond donors (Lipinski definition) is 0. The molecule has 3 aromatic rings. The molecule has 0 radical (unpaired) electrons. The van der Waals surface area contributed by atoms with Crippen molar-refractivity contribution in [3.8, 4) is 5.75 Å². The molecule has 0 saturated carbocycles. The lowest BCUT2D eigenvalue weighted by atomic mass is 10.2. The molecule has 0 unspecified atom stereocenters. The van der Waals surface area contributed by atoms with Gasteiger partial charge in [-0.3, -0.25) is 4.79 Å². The second kappa shape index (κ2) is 7.65. The van der Waals surface area contributed by atoms with Gasteiger partial charge in [0.25, 0.3) is 5.56 Å². The molecule has 136 valence electrons. The Labute approximate surface area is 162 Å². The highest BCUT2D eigenvalue weighted by atomic mass is 35.5. The largest absolute Gasteiger partial charge is 0.488 e. The van der Waals surface area contributed by atoms with Crippen LogP contribution in [0.5, 0.6) is 5.75 Å². The van der Waals surface area contributed by atoms with E-state index in [2.05, 4.69) is 4.98 Å². The van der Waals surface area contributed by atoms with Gasteiger partial charge >= 0.3 is 5.97 Å². The quantitative estimate of drug-likeness (QED) is 0.470. The first-order valence-electron chi connectivity index (χ1n) is 7.58. The molecule has 1 aromatic carbocycles. The smallest absolute Gasteiger partial charge is 0.348 e. The average Bonchev–Trinajstić information content (AvgIpc) is 2.94. The van der Waals surface area contributed by atoms with E-state index in [0.29, 0.717) is 36.5 Å². The maximum absolute atomic E-state index is 12.3. The Morgan fingerprint density at radius 1 is 1.31 bits per heavy atom. The minimum atomic E-state index is -0.515. The topological polar surface area (TPSA) is 70.4 Å². The summed E-state index contributed by atoms with van der Waals surface area (Å²) in [5.74, 6) is -0.0591. The zero-order chi connectivity index (χ0) is 18.8. The average molecular weight is 413 g/mol. The molecule has 0 N–H and O–H groups in total. The highest BCUT2D eigenvalue weighted by Gasteiger charge is 2.20. The van der Waals surface area contributed by atoms with Gasteiger partial charge in [-0.25, -0.2) is 9.78 Å². The molecule has 26 heavy (non-hydrogen) atoms. The standard InChI is InChI=1S/C17H14Cl2N2O4S/c1-9-13-15(20-8-21(2)16(13)22)26-14(9)17(23)25-6-5-24-12-4-3-10(18)7-11(12)19/h3-4,7-8H,5-6H2,1-2H3. The lowest BCUT2D eigenvalue weighted by Gasteiger charge is -2.08. The second-order valence-electron chi connectivity index (χ2n) is 5.46. The van der Waals surface area contributed by atoms with Crippen LogP contribution in [0.3, 0.4) is 0 Å². The van der Waals surface area contributed by atoms with E-state index in [1.807, 2.05) is 0 Å². The van der Waals surface area contributed by atoms with Gasteiger partial charge in [0.1, 0.15) is 28.7 Å². The summed E-state index contributed by atoms with van der Waals surface area (Å²) >= 11 is 13.0. The maximum Gasteiger partial charge on any atom is 0.348 e. The predicted molar refractivity (Wildman–Crippen MR) is 102 cm³/mol. The Kier molecular flexibility index (Phi) is 5.50. The minimum Gasteiger partial charge on any atom is -0.488 e. The van der Waals surface area contributed by atoms with Gasteiger partial charge in [-0.2, -0.15) is 0 Å². The van der Waals surface area contributed by atoms with Crippen molar-refractivity contribution in [2.24, 2.45) is 7.05 Å². The summed E-state index contributed by atoms with van der Waals surface area (Å²) in [5.41, 5.74) is 0.383. The highest BCUT2D eigenvalue weighted by Crippen LogP contribution is 2.28. The third-order valence-electron chi connectivity index (χ3n) is 3.66. The van der Waals surface area contributed by atoms with Crippen molar-refractivity contribution in [3.05, 3.63) is 55.4 Å². The molecule has 0 saturated heterocycles. The lowest BCUT2D eigenvalue weighted by molar-refractivity contribution is 0.0455. The van der Waals surface area contributed by atoms with Crippen LogP contribution < -0.4 is 10.3 Å². The Morgan fingerprint density at radius 2 is 2.08 bits per heavy atom. The number of nitrogens with zero attached hydrogens (tertiary/aromatic N) is 2. The maximum atomic E-state index is 12.3. The van der Waals surface area contributed by atoms with Crippen LogP contribution in [0.15, 0.2) is 29.3 Å². The molecular formula is C17H14Cl2N2O4S. The summed E-state index contributed by atoms with van der Waals surface area (Å²) in [7, 11) is 1.61. The minimum absolute atomic E-state index is 0.0386. The van der Waals surface area contributed by atoms with Gasteiger partial charge in [-0.1, -0.05) is 23.2 Å². The van der Waals surface area contributed by atoms with E-state index in [0.717, 1.165) is 11.3 Å². The normalized spacial score (nSPS) is 10.9. The molecule has 0 aliphatic heterocycles. The van der Waals surface area contributed by atoms with E-state index in [9.17, 15) is 9.59 Å². The predicted octanol–water partition coefficient (Wildman–Crippen LogP) is 3.85. The number of rotatable bonds is 5. The summed E-state index contributed by atoms with van der Waals surface area (Å²) in [6.07, 6.45) is 1.43. The molecule has 3 rings (SSSR count). The molecule has 0 atom stereocenters. The molecule has 0 aliphatic rings. The summed E-state index contributed by atoms with van der Waals surface area (Å²) in [5, 5.41) is 1.33. The van der Waals surface area contributed by atoms with Gasteiger partial charge in [-0.05, 0) is 30.7 Å². The van der Waals surface area contributed by atoms with Crippen LogP contribution >= 0.6 is 34.5 Å². The molecule has 2 heterocycles. The van der Waals surface area contributed by atoms with Crippen molar-refractivity contribution in [3.63, 3.8) is 0 Å². The van der Waals surface area contributed by atoms with Crippen molar-refractivity contribution >= 4 is 50.7 Å². The number of ether oxygens (including phenoxy) is 2. The van der Waals surface area contributed by atoms with E-state index in [1.54, 1.807) is 32.2 Å². The van der Waals surface area contributed by atoms with Gasteiger partial charge in [0.2, 0.25) is 0 Å². The Bertz CT molecular complexity index is 1050.